The lowest BCUT2D eigenvalue weighted by atomic mass is 10.2. The highest BCUT2D eigenvalue weighted by Gasteiger charge is 2.30. The fourth-order valence-electron chi connectivity index (χ4n) is 1.86. The molecule has 0 bridgehead atoms. The van der Waals surface area contributed by atoms with Gasteiger partial charge in [0.05, 0.1) is 16.8 Å². The summed E-state index contributed by atoms with van der Waals surface area (Å²) in [5, 5.41) is 13.6. The first-order valence-electron chi connectivity index (χ1n) is 6.45. The number of carboxylic acid groups (broad SMARTS) is 1. The third-order valence-electron chi connectivity index (χ3n) is 2.91. The third-order valence-corrected chi connectivity index (χ3v) is 3.40. The molecule has 0 heterocycles. The summed E-state index contributed by atoms with van der Waals surface area (Å²) in [4.78, 5) is 23.0. The van der Waals surface area contributed by atoms with E-state index in [4.69, 9.17) is 5.11 Å². The maximum atomic E-state index is 12.6. The highest BCUT2D eigenvalue weighted by molar-refractivity contribution is 9.10. The number of carbonyl (C=O) groups excluding carboxylic acids is 1. The number of alkyl halides is 3. The van der Waals surface area contributed by atoms with Crippen LogP contribution in [0, 0.1) is 0 Å². The van der Waals surface area contributed by atoms with Gasteiger partial charge in [-0.05, 0) is 36.4 Å². The van der Waals surface area contributed by atoms with Crippen molar-refractivity contribution in [1.29, 1.82) is 0 Å². The average molecular weight is 403 g/mol. The van der Waals surface area contributed by atoms with E-state index in [0.717, 1.165) is 18.2 Å². The zero-order valence-corrected chi connectivity index (χ0v) is 13.4. The smallest absolute Gasteiger partial charge is 0.416 e. The Morgan fingerprint density at radius 1 is 1.04 bits per heavy atom. The van der Waals surface area contributed by atoms with Gasteiger partial charge in [-0.15, -0.1) is 0 Å². The summed E-state index contributed by atoms with van der Waals surface area (Å²) >= 11 is 3.14. The number of hydrogen-bond acceptors (Lipinski definition) is 2. The molecule has 0 aliphatic carbocycles. The second-order valence-electron chi connectivity index (χ2n) is 4.65. The van der Waals surface area contributed by atoms with Crippen LogP contribution >= 0.6 is 15.9 Å². The molecule has 0 saturated carbocycles. The van der Waals surface area contributed by atoms with E-state index in [2.05, 4.69) is 26.6 Å². The fraction of sp³-hybridized carbons (Fsp3) is 0.0667. The topological polar surface area (TPSA) is 78.4 Å². The van der Waals surface area contributed by atoms with Crippen LogP contribution in [0.2, 0.25) is 0 Å². The molecular weight excluding hydrogens is 393 g/mol. The predicted octanol–water partition coefficient (Wildman–Crippen LogP) is 4.81. The van der Waals surface area contributed by atoms with Crippen molar-refractivity contribution in [3.63, 3.8) is 0 Å². The van der Waals surface area contributed by atoms with E-state index in [-0.39, 0.29) is 16.9 Å². The van der Waals surface area contributed by atoms with Gasteiger partial charge in [0, 0.05) is 10.2 Å². The number of rotatable bonds is 3. The SMILES string of the molecule is O=C(Nc1cccc(C(F)(F)F)c1)Nc1cc(Br)ccc1C(=O)O. The van der Waals surface area contributed by atoms with Crippen LogP contribution in [0.15, 0.2) is 46.9 Å². The lowest BCUT2D eigenvalue weighted by Gasteiger charge is -2.12. The summed E-state index contributed by atoms with van der Waals surface area (Å²) in [5.41, 5.74) is -1.14. The number of urea groups is 1. The quantitative estimate of drug-likeness (QED) is 0.689. The molecular formula is C15H10BrF3N2O3. The number of hydrogen-bond donors (Lipinski definition) is 3. The van der Waals surface area contributed by atoms with Crippen LogP contribution in [-0.4, -0.2) is 17.1 Å². The van der Waals surface area contributed by atoms with Crippen molar-refractivity contribution in [2.75, 3.05) is 10.6 Å². The molecule has 0 aliphatic rings. The molecule has 24 heavy (non-hydrogen) atoms. The van der Waals surface area contributed by atoms with Crippen LogP contribution in [0.5, 0.6) is 0 Å². The van der Waals surface area contributed by atoms with Crippen LogP contribution in [0.4, 0.5) is 29.3 Å². The molecule has 126 valence electrons. The molecule has 0 radical (unpaired) electrons. The first-order chi connectivity index (χ1) is 11.2. The van der Waals surface area contributed by atoms with Gasteiger partial charge in [-0.25, -0.2) is 9.59 Å². The van der Waals surface area contributed by atoms with E-state index >= 15 is 0 Å². The van der Waals surface area contributed by atoms with Gasteiger partial charge in [0.2, 0.25) is 0 Å². The third kappa shape index (κ3) is 4.48. The number of halogens is 4. The van der Waals surface area contributed by atoms with Crippen molar-refractivity contribution < 1.29 is 27.9 Å². The normalized spacial score (nSPS) is 11.0. The number of carboxylic acids is 1. The minimum absolute atomic E-state index is 0.00125. The van der Waals surface area contributed by atoms with Crippen molar-refractivity contribution >= 4 is 39.3 Å². The molecule has 0 unspecified atom stereocenters. The second-order valence-corrected chi connectivity index (χ2v) is 5.57. The highest BCUT2D eigenvalue weighted by atomic mass is 79.9. The van der Waals surface area contributed by atoms with Crippen molar-refractivity contribution in [2.24, 2.45) is 0 Å². The van der Waals surface area contributed by atoms with E-state index in [9.17, 15) is 22.8 Å². The largest absolute Gasteiger partial charge is 0.478 e. The number of amides is 2. The number of aromatic carboxylic acids is 1. The molecule has 2 rings (SSSR count). The average Bonchev–Trinajstić information content (AvgIpc) is 2.46. The standard InChI is InChI=1S/C15H10BrF3N2O3/c16-9-4-5-11(13(22)23)12(7-9)21-14(24)20-10-3-1-2-8(6-10)15(17,18)19/h1-7H,(H,22,23)(H2,20,21,24). The van der Waals surface area contributed by atoms with Gasteiger partial charge in [0.1, 0.15) is 0 Å². The van der Waals surface area contributed by atoms with Gasteiger partial charge in [-0.3, -0.25) is 0 Å². The van der Waals surface area contributed by atoms with Crippen LogP contribution < -0.4 is 10.6 Å². The maximum absolute atomic E-state index is 12.6. The predicted molar refractivity (Wildman–Crippen MR) is 85.2 cm³/mol. The molecule has 0 spiro atoms. The molecule has 5 nitrogen and oxygen atoms in total. The van der Waals surface area contributed by atoms with E-state index in [0.29, 0.717) is 4.47 Å². The Labute approximate surface area is 142 Å². The summed E-state index contributed by atoms with van der Waals surface area (Å²) < 4.78 is 38.4. The number of benzene rings is 2. The monoisotopic (exact) mass is 402 g/mol. The van der Waals surface area contributed by atoms with Crippen molar-refractivity contribution in [3.05, 3.63) is 58.1 Å². The summed E-state index contributed by atoms with van der Waals surface area (Å²) in [5.74, 6) is -1.25. The highest BCUT2D eigenvalue weighted by Crippen LogP contribution is 2.30. The molecule has 0 fully saturated rings. The van der Waals surface area contributed by atoms with Gasteiger partial charge in [0.15, 0.2) is 0 Å². The number of anilines is 2. The summed E-state index contributed by atoms with van der Waals surface area (Å²) in [6.45, 7) is 0. The molecule has 2 aromatic rings. The van der Waals surface area contributed by atoms with Gasteiger partial charge < -0.3 is 15.7 Å². The van der Waals surface area contributed by atoms with Gasteiger partial charge >= 0.3 is 18.2 Å². The zero-order chi connectivity index (χ0) is 17.9. The van der Waals surface area contributed by atoms with E-state index in [1.165, 1.54) is 24.3 Å². The van der Waals surface area contributed by atoms with Gasteiger partial charge in [-0.2, -0.15) is 13.2 Å². The maximum Gasteiger partial charge on any atom is 0.416 e. The lowest BCUT2D eigenvalue weighted by Crippen LogP contribution is -2.21. The minimum Gasteiger partial charge on any atom is -0.478 e. The molecule has 0 saturated heterocycles. The van der Waals surface area contributed by atoms with Crippen LogP contribution in [0.1, 0.15) is 15.9 Å². The Morgan fingerprint density at radius 3 is 2.38 bits per heavy atom. The Morgan fingerprint density at radius 2 is 1.75 bits per heavy atom. The molecule has 0 aliphatic heterocycles. The molecule has 0 aromatic heterocycles. The number of nitrogens with one attached hydrogen (secondary N) is 2. The summed E-state index contributed by atoms with van der Waals surface area (Å²) in [6, 6.07) is 7.36. The first-order valence-corrected chi connectivity index (χ1v) is 7.24. The molecule has 9 heteroatoms. The molecule has 2 amide bonds. The molecule has 3 N–H and O–H groups in total. The van der Waals surface area contributed by atoms with Crippen LogP contribution in [0.3, 0.4) is 0 Å². The first kappa shape index (κ1) is 17.8. The molecule has 2 aromatic carbocycles. The number of carbonyl (C=O) groups is 2. The second kappa shape index (κ2) is 6.91. The van der Waals surface area contributed by atoms with Crippen molar-refractivity contribution in [3.8, 4) is 0 Å². The Bertz CT molecular complexity index is 794. The minimum atomic E-state index is -4.53. The lowest BCUT2D eigenvalue weighted by molar-refractivity contribution is -0.137. The Kier molecular flexibility index (Phi) is 5.13. The van der Waals surface area contributed by atoms with Crippen molar-refractivity contribution in [2.45, 2.75) is 6.18 Å². The van der Waals surface area contributed by atoms with E-state index in [1.807, 2.05) is 0 Å². The van der Waals surface area contributed by atoms with Crippen LogP contribution in [0.25, 0.3) is 0 Å². The zero-order valence-electron chi connectivity index (χ0n) is 11.8. The summed E-state index contributed by atoms with van der Waals surface area (Å²) in [6.07, 6.45) is -4.53. The van der Waals surface area contributed by atoms with Gasteiger partial charge in [0.25, 0.3) is 0 Å². The molecule has 0 atom stereocenters. The van der Waals surface area contributed by atoms with E-state index < -0.39 is 23.7 Å². The van der Waals surface area contributed by atoms with Crippen LogP contribution in [-0.2, 0) is 6.18 Å². The van der Waals surface area contributed by atoms with E-state index in [1.54, 1.807) is 0 Å². The van der Waals surface area contributed by atoms with Gasteiger partial charge in [-0.1, -0.05) is 22.0 Å². The Hall–Kier alpha value is -2.55. The Balaban J connectivity index is 2.18. The summed E-state index contributed by atoms with van der Waals surface area (Å²) in [7, 11) is 0. The van der Waals surface area contributed by atoms with Crippen molar-refractivity contribution in [1.82, 2.24) is 0 Å². The fourth-order valence-corrected chi connectivity index (χ4v) is 2.23.